The van der Waals surface area contributed by atoms with Gasteiger partial charge in [0.1, 0.15) is 12.3 Å². The van der Waals surface area contributed by atoms with Crippen molar-refractivity contribution in [1.82, 2.24) is 19.8 Å². The summed E-state index contributed by atoms with van der Waals surface area (Å²) in [6.07, 6.45) is -2.38. The molecule has 166 valence electrons. The molecule has 1 aliphatic heterocycles. The number of carbonyl (C=O) groups excluding carboxylic acids is 1. The van der Waals surface area contributed by atoms with E-state index in [9.17, 15) is 33.0 Å². The molecular weight excluding hydrogens is 411 g/mol. The maximum atomic E-state index is 12.4. The number of ether oxygens (including phenoxy) is 1. The number of carbonyl (C=O) groups is 1. The zero-order valence-corrected chi connectivity index (χ0v) is 16.2. The summed E-state index contributed by atoms with van der Waals surface area (Å²) in [6, 6.07) is 0. The number of hydrogen-bond acceptors (Lipinski definition) is 7. The first-order valence-corrected chi connectivity index (χ1v) is 8.82. The van der Waals surface area contributed by atoms with Crippen molar-refractivity contribution in [3.8, 4) is 0 Å². The van der Waals surface area contributed by atoms with Gasteiger partial charge in [-0.3, -0.25) is 9.36 Å². The predicted molar refractivity (Wildman–Crippen MR) is 100 cm³/mol. The molecule has 1 aromatic rings. The molecule has 0 bridgehead atoms. The fourth-order valence-corrected chi connectivity index (χ4v) is 2.56. The summed E-state index contributed by atoms with van der Waals surface area (Å²) in [6.45, 7) is -0.851. The van der Waals surface area contributed by atoms with Crippen molar-refractivity contribution >= 4 is 24.1 Å². The van der Waals surface area contributed by atoms with E-state index in [0.717, 1.165) is 4.57 Å². The quantitative estimate of drug-likeness (QED) is 0.401. The van der Waals surface area contributed by atoms with Crippen molar-refractivity contribution < 1.29 is 32.9 Å². The molecule has 3 N–H and O–H groups in total. The number of alkyl halides is 3. The summed E-state index contributed by atoms with van der Waals surface area (Å²) in [4.78, 5) is 32.8. The largest absolute Gasteiger partial charge is 0.471 e. The summed E-state index contributed by atoms with van der Waals surface area (Å²) in [5, 5.41) is 20.8. The molecule has 3 unspecified atom stereocenters. The number of aliphatic hydroxyl groups is 2. The number of rotatable bonds is 7. The van der Waals surface area contributed by atoms with Crippen molar-refractivity contribution in [2.75, 3.05) is 27.2 Å². The molecule has 0 saturated carbocycles. The number of aromatic nitrogens is 2. The van der Waals surface area contributed by atoms with E-state index in [1.807, 2.05) is 0 Å². The average molecular weight is 433 g/mol. The Hall–Kier alpha value is -2.77. The second-order valence-electron chi connectivity index (χ2n) is 6.64. The van der Waals surface area contributed by atoms with Crippen LogP contribution < -0.4 is 11.0 Å². The number of nitrogens with zero attached hydrogens (tertiary/aromatic N) is 4. The molecule has 1 fully saturated rings. The van der Waals surface area contributed by atoms with E-state index in [1.54, 1.807) is 24.3 Å². The highest BCUT2D eigenvalue weighted by molar-refractivity contribution is 5.81. The molecule has 13 heteroatoms. The molecule has 0 radical (unpaired) electrons. The van der Waals surface area contributed by atoms with Gasteiger partial charge in [-0.05, 0) is 0 Å². The molecule has 0 aromatic carbocycles. The molecule has 30 heavy (non-hydrogen) atoms. The normalized spacial score (nSPS) is 22.2. The highest BCUT2D eigenvalue weighted by atomic mass is 19.4. The smallest absolute Gasteiger partial charge is 0.394 e. The highest BCUT2D eigenvalue weighted by Crippen LogP contribution is 2.28. The Morgan fingerprint density at radius 3 is 2.77 bits per heavy atom. The lowest BCUT2D eigenvalue weighted by Crippen LogP contribution is -2.36. The Kier molecular flexibility index (Phi) is 7.70. The summed E-state index contributed by atoms with van der Waals surface area (Å²) in [7, 11) is 3.38. The first-order chi connectivity index (χ1) is 14.0. The van der Waals surface area contributed by atoms with E-state index in [4.69, 9.17) is 4.74 Å². The number of amides is 1. The van der Waals surface area contributed by atoms with E-state index in [1.165, 1.54) is 24.7 Å². The lowest BCUT2D eigenvalue weighted by Gasteiger charge is -2.15. The molecule has 1 aromatic heterocycles. The van der Waals surface area contributed by atoms with Crippen molar-refractivity contribution in [3.05, 3.63) is 28.3 Å². The Morgan fingerprint density at radius 1 is 1.50 bits per heavy atom. The van der Waals surface area contributed by atoms with Crippen LogP contribution in [0.3, 0.4) is 0 Å². The van der Waals surface area contributed by atoms with Gasteiger partial charge >= 0.3 is 17.8 Å². The van der Waals surface area contributed by atoms with Gasteiger partial charge in [0.15, 0.2) is 5.82 Å². The lowest BCUT2D eigenvalue weighted by molar-refractivity contribution is -0.173. The van der Waals surface area contributed by atoms with Gasteiger partial charge < -0.3 is 25.2 Å². The van der Waals surface area contributed by atoms with Gasteiger partial charge in [0.25, 0.3) is 0 Å². The van der Waals surface area contributed by atoms with Gasteiger partial charge in [0.05, 0.1) is 19.0 Å². The van der Waals surface area contributed by atoms with Crippen LogP contribution in [0.2, 0.25) is 0 Å². The SMILES string of the molecule is CN(C)C=Nc1nc(=O)n(C2CC(O)C(CO)O2)cc1/C=C/CNC(=O)C(F)(F)F. The summed E-state index contributed by atoms with van der Waals surface area (Å²) in [5.41, 5.74) is -0.460. The molecule has 1 aliphatic rings. The average Bonchev–Trinajstić information content (AvgIpc) is 3.03. The molecule has 0 spiro atoms. The minimum Gasteiger partial charge on any atom is -0.394 e. The first-order valence-electron chi connectivity index (χ1n) is 8.82. The lowest BCUT2D eigenvalue weighted by atomic mass is 10.2. The van der Waals surface area contributed by atoms with Gasteiger partial charge in [-0.15, -0.1) is 0 Å². The van der Waals surface area contributed by atoms with Gasteiger partial charge in [-0.2, -0.15) is 18.2 Å². The standard InChI is InChI=1S/C17H22F3N5O5/c1-24(2)9-22-14-10(4-3-5-21-15(28)17(18,19)20)7-25(16(29)23-14)13-6-11(27)12(8-26)30-13/h3-4,7,9,11-13,26-27H,5-6,8H2,1-2H3,(H,21,28)/b4-3+,22-9?. The first kappa shape index (κ1) is 23.5. The molecule has 2 rings (SSSR count). The van der Waals surface area contributed by atoms with Gasteiger partial charge in [-0.1, -0.05) is 12.2 Å². The van der Waals surface area contributed by atoms with Crippen LogP contribution in [0.1, 0.15) is 18.2 Å². The third-order valence-electron chi connectivity index (χ3n) is 4.00. The van der Waals surface area contributed by atoms with Crippen molar-refractivity contribution in [1.29, 1.82) is 0 Å². The van der Waals surface area contributed by atoms with Crippen molar-refractivity contribution in [2.45, 2.75) is 31.0 Å². The molecule has 0 aliphatic carbocycles. The van der Waals surface area contributed by atoms with Crippen LogP contribution in [0.15, 0.2) is 22.1 Å². The predicted octanol–water partition coefficient (Wildman–Crippen LogP) is -0.203. The highest BCUT2D eigenvalue weighted by Gasteiger charge is 2.38. The van der Waals surface area contributed by atoms with Crippen molar-refractivity contribution in [3.63, 3.8) is 0 Å². The van der Waals surface area contributed by atoms with Crippen LogP contribution in [0.4, 0.5) is 19.0 Å². The minimum atomic E-state index is -4.99. The van der Waals surface area contributed by atoms with Crippen LogP contribution in [-0.4, -0.2) is 82.5 Å². The number of hydrogen-bond donors (Lipinski definition) is 3. The fourth-order valence-electron chi connectivity index (χ4n) is 2.56. The summed E-state index contributed by atoms with van der Waals surface area (Å²) < 4.78 is 43.3. The van der Waals surface area contributed by atoms with E-state index in [2.05, 4.69) is 9.98 Å². The maximum Gasteiger partial charge on any atom is 0.471 e. The third kappa shape index (κ3) is 6.11. The Bertz CT molecular complexity index is 868. The zero-order chi connectivity index (χ0) is 22.5. The second kappa shape index (κ2) is 9.82. The van der Waals surface area contributed by atoms with Crippen molar-refractivity contribution in [2.24, 2.45) is 4.99 Å². The monoisotopic (exact) mass is 433 g/mol. The number of halogens is 3. The number of aliphatic imine (C=N–C) groups is 1. The van der Waals surface area contributed by atoms with E-state index in [-0.39, 0.29) is 17.8 Å². The van der Waals surface area contributed by atoms with E-state index < -0.39 is 49.4 Å². The van der Waals surface area contributed by atoms with Gasteiger partial charge in [0.2, 0.25) is 0 Å². The van der Waals surface area contributed by atoms with Crippen LogP contribution >= 0.6 is 0 Å². The van der Waals surface area contributed by atoms with Crippen LogP contribution in [0, 0.1) is 0 Å². The topological polar surface area (TPSA) is 129 Å². The van der Waals surface area contributed by atoms with Gasteiger partial charge in [0, 0.05) is 38.8 Å². The van der Waals surface area contributed by atoms with Gasteiger partial charge in [-0.25, -0.2) is 9.79 Å². The van der Waals surface area contributed by atoms with Crippen LogP contribution in [-0.2, 0) is 9.53 Å². The zero-order valence-electron chi connectivity index (χ0n) is 16.2. The van der Waals surface area contributed by atoms with Crippen LogP contribution in [0.5, 0.6) is 0 Å². The fraction of sp³-hybridized carbons (Fsp3) is 0.529. The number of aliphatic hydroxyl groups excluding tert-OH is 2. The Morgan fingerprint density at radius 2 is 2.20 bits per heavy atom. The third-order valence-corrected chi connectivity index (χ3v) is 4.00. The number of nitrogens with one attached hydrogen (secondary N) is 1. The Balaban J connectivity index is 2.29. The summed E-state index contributed by atoms with van der Waals surface area (Å²) >= 11 is 0. The molecule has 10 nitrogen and oxygen atoms in total. The molecular formula is C17H22F3N5O5. The maximum absolute atomic E-state index is 12.4. The molecule has 3 atom stereocenters. The van der Waals surface area contributed by atoms with E-state index in [0.29, 0.717) is 0 Å². The van der Waals surface area contributed by atoms with Crippen LogP contribution in [0.25, 0.3) is 6.08 Å². The summed E-state index contributed by atoms with van der Waals surface area (Å²) in [5.74, 6) is -2.08. The molecule has 1 amide bonds. The Labute approximate surface area is 169 Å². The molecule has 1 saturated heterocycles. The molecule has 2 heterocycles. The minimum absolute atomic E-state index is 0.000557. The second-order valence-corrected chi connectivity index (χ2v) is 6.64. The van der Waals surface area contributed by atoms with E-state index >= 15 is 0 Å².